The van der Waals surface area contributed by atoms with E-state index in [0.717, 1.165) is 64.0 Å². The number of benzene rings is 2. The molecule has 3 heterocycles. The lowest BCUT2D eigenvalue weighted by Crippen LogP contribution is -2.26. The van der Waals surface area contributed by atoms with Gasteiger partial charge in [-0.15, -0.1) is 0 Å². The van der Waals surface area contributed by atoms with E-state index in [9.17, 15) is 14.4 Å². The van der Waals surface area contributed by atoms with Gasteiger partial charge < -0.3 is 42.5 Å². The van der Waals surface area contributed by atoms with Crippen LogP contribution in [0.4, 0.5) is 0 Å². The van der Waals surface area contributed by atoms with E-state index in [1.165, 1.54) is 0 Å². The number of ether oxygens (including phenoxy) is 8. The van der Waals surface area contributed by atoms with Gasteiger partial charge in [0, 0.05) is 23.1 Å². The molecule has 1 unspecified atom stereocenters. The van der Waals surface area contributed by atoms with Gasteiger partial charge >= 0.3 is 0 Å². The van der Waals surface area contributed by atoms with Crippen LogP contribution in [0.1, 0.15) is 81.2 Å². The van der Waals surface area contributed by atoms with Crippen molar-refractivity contribution in [3.8, 4) is 22.9 Å². The second-order valence-electron chi connectivity index (χ2n) is 14.5. The number of nitrogens with zero attached hydrogens (tertiary/aromatic N) is 3. The first-order valence-electron chi connectivity index (χ1n) is 21.1. The summed E-state index contributed by atoms with van der Waals surface area (Å²) in [5, 5.41) is 5.17. The van der Waals surface area contributed by atoms with E-state index in [1.54, 1.807) is 17.6 Å². The van der Waals surface area contributed by atoms with Crippen LogP contribution in [0, 0.1) is 0 Å². The first-order valence-corrected chi connectivity index (χ1v) is 21.1. The molecule has 2 aromatic heterocycles. The summed E-state index contributed by atoms with van der Waals surface area (Å²) in [4.78, 5) is 42.6. The molecule has 15 heteroatoms. The molecule has 0 bridgehead atoms. The molecule has 1 aliphatic rings. The molecule has 0 spiro atoms. The summed E-state index contributed by atoms with van der Waals surface area (Å²) in [5.41, 5.74) is 9.47. The van der Waals surface area contributed by atoms with Gasteiger partial charge in [0.15, 0.2) is 6.61 Å². The average Bonchev–Trinajstić information content (AvgIpc) is 3.65. The topological polar surface area (TPSA) is 167 Å². The molecule has 61 heavy (non-hydrogen) atoms. The molecule has 0 saturated carbocycles. The van der Waals surface area contributed by atoms with E-state index in [0.29, 0.717) is 108 Å². The Bertz CT molecular complexity index is 2140. The third kappa shape index (κ3) is 13.4. The molecule has 1 N–H and O–H groups in total. The van der Waals surface area contributed by atoms with Gasteiger partial charge in [0.25, 0.3) is 17.9 Å². The number of hydrogen-bond acceptors (Lipinski definition) is 13. The monoisotopic (exact) mass is 844 g/mol. The Morgan fingerprint density at radius 3 is 2.13 bits per heavy atom. The van der Waals surface area contributed by atoms with Crippen molar-refractivity contribution in [1.29, 1.82) is 0 Å². The summed E-state index contributed by atoms with van der Waals surface area (Å²) in [7, 11) is 0. The van der Waals surface area contributed by atoms with Crippen LogP contribution in [-0.4, -0.2) is 107 Å². The predicted molar refractivity (Wildman–Crippen MR) is 232 cm³/mol. The van der Waals surface area contributed by atoms with E-state index in [-0.39, 0.29) is 24.7 Å². The summed E-state index contributed by atoms with van der Waals surface area (Å²) < 4.78 is 46.0. The van der Waals surface area contributed by atoms with Gasteiger partial charge in [0.1, 0.15) is 24.7 Å². The number of carbonyl (C=O) groups is 2. The van der Waals surface area contributed by atoms with Gasteiger partial charge in [-0.25, -0.2) is 10.4 Å². The number of aromatic nitrogens is 2. The number of pyridine rings is 2. The molecule has 5 rings (SSSR count). The van der Waals surface area contributed by atoms with Crippen molar-refractivity contribution >= 4 is 29.0 Å². The third-order valence-corrected chi connectivity index (χ3v) is 10.3. The lowest BCUT2D eigenvalue weighted by atomic mass is 9.93. The summed E-state index contributed by atoms with van der Waals surface area (Å²) in [6.07, 6.45) is 2.53. The summed E-state index contributed by atoms with van der Waals surface area (Å²) in [6, 6.07) is 15.0. The SMILES string of the molecule is CCCOCCOCCOCCOCCOCCOc1cccc(/C(C)=N/NC(=O)COc2ccc3nc4c(c(CC)c3c2)Cn2c-4cc(C(C)CC)c(COC=O)c2=O)c1. The number of aryl methyl sites for hydroxylation is 1. The number of carbonyl (C=O) groups excluding carboxylic acids is 2. The number of amides is 1. The van der Waals surface area contributed by atoms with Crippen LogP contribution in [-0.2, 0) is 57.6 Å². The second-order valence-corrected chi connectivity index (χ2v) is 14.5. The molecule has 1 amide bonds. The number of nitrogens with one attached hydrogen (secondary N) is 1. The Morgan fingerprint density at radius 1 is 0.836 bits per heavy atom. The summed E-state index contributed by atoms with van der Waals surface area (Å²) >= 11 is 0. The first-order chi connectivity index (χ1) is 29.8. The highest BCUT2D eigenvalue weighted by Crippen LogP contribution is 2.38. The van der Waals surface area contributed by atoms with Crippen LogP contribution in [0.25, 0.3) is 22.3 Å². The number of rotatable bonds is 29. The molecule has 1 aliphatic heterocycles. The van der Waals surface area contributed by atoms with Crippen LogP contribution in [0.3, 0.4) is 0 Å². The Hall–Kier alpha value is -5.19. The van der Waals surface area contributed by atoms with Crippen LogP contribution in [0.2, 0.25) is 0 Å². The Balaban J connectivity index is 1.05. The molecule has 0 fully saturated rings. The van der Waals surface area contributed by atoms with Gasteiger partial charge in [-0.05, 0) is 79.6 Å². The minimum Gasteiger partial charge on any atom is -0.491 e. The highest BCUT2D eigenvalue weighted by atomic mass is 16.6. The van der Waals surface area contributed by atoms with Crippen LogP contribution in [0.15, 0.2) is 58.4 Å². The van der Waals surface area contributed by atoms with Crippen LogP contribution >= 0.6 is 0 Å². The van der Waals surface area contributed by atoms with Crippen molar-refractivity contribution in [2.45, 2.75) is 73.0 Å². The van der Waals surface area contributed by atoms with E-state index < -0.39 is 5.91 Å². The molecule has 0 saturated heterocycles. The minimum atomic E-state index is -0.418. The minimum absolute atomic E-state index is 0.0726. The fraction of sp³-hybridized carbons (Fsp3) is 0.500. The molecule has 330 valence electrons. The standard InChI is InChI=1S/C46H60N4O11/c1-6-14-54-15-16-55-17-18-56-19-20-57-21-22-58-23-24-60-35-11-9-10-34(25-35)33(5)48-49-44(52)30-61-36-12-13-42-39(26-36)37(8-3)40-28-50-43(45(40)47-42)27-38(32(4)7-2)41(46(50)53)29-59-31-51/h9-13,25-27,31-32H,6-8,14-24,28-30H2,1-5H3,(H,49,52)/b48-33+. The van der Waals surface area contributed by atoms with Gasteiger partial charge in [-0.1, -0.05) is 39.8 Å². The lowest BCUT2D eigenvalue weighted by Gasteiger charge is -2.17. The molecule has 1 atom stereocenters. The molecule has 0 aliphatic carbocycles. The maximum absolute atomic E-state index is 13.8. The molecule has 2 aromatic carbocycles. The zero-order chi connectivity index (χ0) is 43.4. The molecule has 4 aromatic rings. The van der Waals surface area contributed by atoms with Crippen LogP contribution in [0.5, 0.6) is 11.5 Å². The Labute approximate surface area is 357 Å². The van der Waals surface area contributed by atoms with Gasteiger partial charge in [0.05, 0.1) is 94.2 Å². The third-order valence-electron chi connectivity index (χ3n) is 10.3. The first kappa shape index (κ1) is 46.9. The van der Waals surface area contributed by atoms with E-state index in [1.807, 2.05) is 42.5 Å². The number of hydrogen-bond donors (Lipinski definition) is 1. The highest BCUT2D eigenvalue weighted by Gasteiger charge is 2.29. The van der Waals surface area contributed by atoms with Crippen molar-refractivity contribution in [3.05, 3.63) is 86.7 Å². The van der Waals surface area contributed by atoms with E-state index in [2.05, 4.69) is 38.2 Å². The Kier molecular flexibility index (Phi) is 19.1. The lowest BCUT2D eigenvalue weighted by molar-refractivity contribution is -0.129. The second kappa shape index (κ2) is 24.9. The van der Waals surface area contributed by atoms with Gasteiger partial charge in [0.2, 0.25) is 0 Å². The molecule has 15 nitrogen and oxygen atoms in total. The van der Waals surface area contributed by atoms with Gasteiger partial charge in [-0.3, -0.25) is 14.4 Å². The zero-order valence-corrected chi connectivity index (χ0v) is 36.1. The van der Waals surface area contributed by atoms with Crippen molar-refractivity contribution < 1.29 is 47.5 Å². The predicted octanol–water partition coefficient (Wildman–Crippen LogP) is 5.97. The fourth-order valence-corrected chi connectivity index (χ4v) is 6.91. The largest absolute Gasteiger partial charge is 0.491 e. The number of hydrazone groups is 1. The van der Waals surface area contributed by atoms with Crippen molar-refractivity contribution in [1.82, 2.24) is 15.0 Å². The highest BCUT2D eigenvalue weighted by molar-refractivity contribution is 5.99. The summed E-state index contributed by atoms with van der Waals surface area (Å²) in [6.45, 7) is 16.1. The zero-order valence-electron chi connectivity index (χ0n) is 36.1. The summed E-state index contributed by atoms with van der Waals surface area (Å²) in [5.74, 6) is 0.840. The average molecular weight is 845 g/mol. The van der Waals surface area contributed by atoms with E-state index >= 15 is 0 Å². The maximum atomic E-state index is 13.8. The van der Waals surface area contributed by atoms with Crippen LogP contribution < -0.4 is 20.5 Å². The maximum Gasteiger partial charge on any atom is 0.293 e. The Morgan fingerprint density at radius 2 is 1.49 bits per heavy atom. The van der Waals surface area contributed by atoms with E-state index in [4.69, 9.17) is 42.9 Å². The quantitative estimate of drug-likeness (QED) is 0.0260. The molecular formula is C46H60N4O11. The van der Waals surface area contributed by atoms with Gasteiger partial charge in [-0.2, -0.15) is 5.10 Å². The van der Waals surface area contributed by atoms with Crippen molar-refractivity contribution in [3.63, 3.8) is 0 Å². The molecular weight excluding hydrogens is 785 g/mol. The number of fused-ring (bicyclic) bond motifs is 4. The van der Waals surface area contributed by atoms with Crippen molar-refractivity contribution in [2.24, 2.45) is 5.10 Å². The molecule has 0 radical (unpaired) electrons. The normalized spacial score (nSPS) is 12.6. The fourth-order valence-electron chi connectivity index (χ4n) is 6.91. The van der Waals surface area contributed by atoms with Crippen molar-refractivity contribution in [2.75, 3.05) is 79.3 Å². The smallest absolute Gasteiger partial charge is 0.293 e.